The predicted molar refractivity (Wildman–Crippen MR) is 75.1 cm³/mol. The molecule has 5 heteroatoms. The van der Waals surface area contributed by atoms with Gasteiger partial charge in [-0.25, -0.2) is 11.6 Å². The molecule has 1 aliphatic rings. The van der Waals surface area contributed by atoms with E-state index in [1.165, 1.54) is 11.7 Å². The minimum Gasteiger partial charge on any atom is -0.269 e. The van der Waals surface area contributed by atoms with Gasteiger partial charge >= 0.3 is 0 Å². The zero-order valence-electron chi connectivity index (χ0n) is 9.32. The van der Waals surface area contributed by atoms with E-state index in [-0.39, 0.29) is 71.3 Å². The Hall–Kier alpha value is 1.66. The smallest absolute Gasteiger partial charge is 0 e. The third-order valence-corrected chi connectivity index (χ3v) is 3.17. The van der Waals surface area contributed by atoms with Crippen molar-refractivity contribution in [2.45, 2.75) is 13.3 Å². The molecule has 0 N–H and O–H groups in total. The fourth-order valence-electron chi connectivity index (χ4n) is 1.41. The third kappa shape index (κ3) is 10.5. The molecule has 0 aromatic carbocycles. The standard InChI is InChI=1S/C10H16P.3ClH.Zr/c1-9(8-11(2)3)10-6-4-5-7-10;;;;/h4,6,9H,5,8H2,1-3H3;3*1H;/q-1;;;;. The fraction of sp³-hybridized carbons (Fsp3) is 0.600. The minimum atomic E-state index is 0. The molecule has 0 saturated carbocycles. The van der Waals surface area contributed by atoms with Crippen LogP contribution in [-0.2, 0) is 26.2 Å². The molecular formula is C10H19Cl3PZr-. The van der Waals surface area contributed by atoms with E-state index >= 15 is 0 Å². The maximum atomic E-state index is 3.38. The predicted octanol–water partition coefficient (Wildman–Crippen LogP) is 4.32. The van der Waals surface area contributed by atoms with E-state index in [9.17, 15) is 0 Å². The largest absolute Gasteiger partial charge is 0.269 e. The summed E-state index contributed by atoms with van der Waals surface area (Å²) in [5.41, 5.74) is 1.43. The van der Waals surface area contributed by atoms with Crippen LogP contribution in [0.4, 0.5) is 0 Å². The molecule has 0 bridgehead atoms. The van der Waals surface area contributed by atoms with Crippen molar-refractivity contribution in [1.82, 2.24) is 0 Å². The second-order valence-electron chi connectivity index (χ2n) is 3.40. The summed E-state index contributed by atoms with van der Waals surface area (Å²) in [6.45, 7) is 6.98. The van der Waals surface area contributed by atoms with Crippen molar-refractivity contribution in [3.8, 4) is 0 Å². The second-order valence-corrected chi connectivity index (χ2v) is 5.93. The zero-order chi connectivity index (χ0) is 8.27. The van der Waals surface area contributed by atoms with Crippen LogP contribution in [0.25, 0.3) is 0 Å². The van der Waals surface area contributed by atoms with Crippen LogP contribution in [0.15, 0.2) is 17.7 Å². The molecule has 0 saturated heterocycles. The molecule has 1 aliphatic carbocycles. The van der Waals surface area contributed by atoms with Gasteiger partial charge in [0.05, 0.1) is 0 Å². The minimum absolute atomic E-state index is 0. The van der Waals surface area contributed by atoms with Crippen LogP contribution in [0, 0.1) is 12.0 Å². The van der Waals surface area contributed by atoms with Gasteiger partial charge in [0, 0.05) is 26.2 Å². The van der Waals surface area contributed by atoms with Gasteiger partial charge in [-0.15, -0.1) is 51.6 Å². The first-order valence-corrected chi connectivity index (χ1v) is 6.54. The normalized spacial score (nSPS) is 14.0. The number of halogens is 3. The van der Waals surface area contributed by atoms with Crippen LogP contribution in [0.1, 0.15) is 13.3 Å². The van der Waals surface area contributed by atoms with E-state index in [0.29, 0.717) is 0 Å². The summed E-state index contributed by atoms with van der Waals surface area (Å²) in [4.78, 5) is 0. The Labute approximate surface area is 133 Å². The molecule has 0 fully saturated rings. The van der Waals surface area contributed by atoms with Crippen LogP contribution in [-0.4, -0.2) is 19.5 Å². The summed E-state index contributed by atoms with van der Waals surface area (Å²) >= 11 is 0. The summed E-state index contributed by atoms with van der Waals surface area (Å²) in [5, 5.41) is 0. The molecule has 1 atom stereocenters. The maximum absolute atomic E-state index is 3.38. The van der Waals surface area contributed by atoms with Crippen molar-refractivity contribution < 1.29 is 26.2 Å². The Morgan fingerprint density at radius 3 is 2.20 bits per heavy atom. The summed E-state index contributed by atoms with van der Waals surface area (Å²) in [6, 6.07) is 0. The van der Waals surface area contributed by atoms with Gasteiger partial charge in [0.25, 0.3) is 0 Å². The SMILES string of the molecule is CC(CP(C)C)C1=[C-]CC=C1.Cl.Cl.Cl.[Zr]. The molecule has 0 aliphatic heterocycles. The first-order chi connectivity index (χ1) is 5.20. The summed E-state index contributed by atoms with van der Waals surface area (Å²) in [7, 11) is 0.249. The molecule has 0 nitrogen and oxygen atoms in total. The van der Waals surface area contributed by atoms with Gasteiger partial charge in [-0.05, 0) is 25.4 Å². The number of allylic oxidation sites excluding steroid dienone is 4. The molecule has 1 unspecified atom stereocenters. The van der Waals surface area contributed by atoms with Crippen molar-refractivity contribution in [2.75, 3.05) is 19.5 Å². The Morgan fingerprint density at radius 2 is 1.87 bits per heavy atom. The number of hydrogen-bond donors (Lipinski definition) is 0. The van der Waals surface area contributed by atoms with Gasteiger partial charge in [-0.2, -0.15) is 6.08 Å². The first-order valence-electron chi connectivity index (χ1n) is 4.12. The Morgan fingerprint density at radius 1 is 1.33 bits per heavy atom. The van der Waals surface area contributed by atoms with Crippen LogP contribution in [0.3, 0.4) is 0 Å². The monoisotopic (exact) mass is 365 g/mol. The van der Waals surface area contributed by atoms with E-state index < -0.39 is 0 Å². The maximum Gasteiger partial charge on any atom is 0 e. The van der Waals surface area contributed by atoms with Crippen molar-refractivity contribution in [3.05, 3.63) is 23.8 Å². The molecule has 0 radical (unpaired) electrons. The van der Waals surface area contributed by atoms with E-state index in [0.717, 1.165) is 12.3 Å². The molecule has 90 valence electrons. The topological polar surface area (TPSA) is 0 Å². The third-order valence-electron chi connectivity index (χ3n) is 1.89. The number of hydrogen-bond acceptors (Lipinski definition) is 0. The average Bonchev–Trinajstić information content (AvgIpc) is 2.35. The van der Waals surface area contributed by atoms with Gasteiger partial charge in [-0.3, -0.25) is 6.08 Å². The van der Waals surface area contributed by atoms with Crippen LogP contribution in [0.2, 0.25) is 0 Å². The molecule has 1 rings (SSSR count). The first kappa shape index (κ1) is 25.5. The van der Waals surface area contributed by atoms with Gasteiger partial charge in [0.2, 0.25) is 0 Å². The Kier molecular flexibility index (Phi) is 23.3. The van der Waals surface area contributed by atoms with Crippen LogP contribution < -0.4 is 0 Å². The van der Waals surface area contributed by atoms with Crippen LogP contribution in [0.5, 0.6) is 0 Å². The average molecular weight is 368 g/mol. The molecule has 0 amide bonds. The number of rotatable bonds is 3. The van der Waals surface area contributed by atoms with Gasteiger partial charge in [0.1, 0.15) is 0 Å². The van der Waals surface area contributed by atoms with Crippen molar-refractivity contribution in [1.29, 1.82) is 0 Å². The van der Waals surface area contributed by atoms with Crippen LogP contribution >= 0.6 is 45.1 Å². The quantitative estimate of drug-likeness (QED) is 0.515. The summed E-state index contributed by atoms with van der Waals surface area (Å²) in [5.74, 6) is 0.731. The molecule has 0 aromatic rings. The zero-order valence-corrected chi connectivity index (χ0v) is 15.1. The summed E-state index contributed by atoms with van der Waals surface area (Å²) in [6.07, 6.45) is 10.2. The van der Waals surface area contributed by atoms with Crippen molar-refractivity contribution in [3.63, 3.8) is 0 Å². The van der Waals surface area contributed by atoms with Crippen molar-refractivity contribution >= 4 is 45.1 Å². The second kappa shape index (κ2) is 13.7. The fourth-order valence-corrected chi connectivity index (χ4v) is 2.70. The van der Waals surface area contributed by atoms with E-state index in [1.807, 2.05) is 0 Å². The van der Waals surface area contributed by atoms with Crippen molar-refractivity contribution in [2.24, 2.45) is 5.92 Å². The van der Waals surface area contributed by atoms with E-state index in [2.05, 4.69) is 38.5 Å². The Bertz CT molecular complexity index is 193. The molecule has 0 heterocycles. The van der Waals surface area contributed by atoms with Gasteiger partial charge in [-0.1, -0.05) is 6.92 Å². The van der Waals surface area contributed by atoms with E-state index in [1.54, 1.807) is 0 Å². The Balaban J connectivity index is -0.000000151. The molecule has 15 heavy (non-hydrogen) atoms. The molecule has 0 spiro atoms. The molecular weight excluding hydrogens is 349 g/mol. The van der Waals surface area contributed by atoms with Gasteiger partial charge in [0.15, 0.2) is 0 Å². The van der Waals surface area contributed by atoms with Gasteiger partial charge < -0.3 is 0 Å². The van der Waals surface area contributed by atoms with E-state index in [4.69, 9.17) is 0 Å². The molecule has 0 aromatic heterocycles. The summed E-state index contributed by atoms with van der Waals surface area (Å²) < 4.78 is 0.